The monoisotopic (exact) mass is 477 g/mol. The number of thioether (sulfide) groups is 1. The van der Waals surface area contributed by atoms with E-state index < -0.39 is 0 Å². The first-order chi connectivity index (χ1) is 16.5. The van der Waals surface area contributed by atoms with Crippen molar-refractivity contribution in [3.05, 3.63) is 64.2 Å². The van der Waals surface area contributed by atoms with Crippen molar-refractivity contribution in [3.63, 3.8) is 0 Å². The first kappa shape index (κ1) is 23.1. The van der Waals surface area contributed by atoms with Crippen LogP contribution >= 0.6 is 11.8 Å². The van der Waals surface area contributed by atoms with E-state index in [-0.39, 0.29) is 23.8 Å². The smallest absolute Gasteiger partial charge is 0.261 e. The van der Waals surface area contributed by atoms with E-state index in [1.54, 1.807) is 18.2 Å². The zero-order valence-electron chi connectivity index (χ0n) is 19.6. The minimum absolute atomic E-state index is 0.0247. The highest BCUT2D eigenvalue weighted by Crippen LogP contribution is 2.31. The number of imide groups is 1. The molecular formula is C27H31N3O3S. The molecule has 2 heterocycles. The second-order valence-corrected chi connectivity index (χ2v) is 10.7. The van der Waals surface area contributed by atoms with E-state index >= 15 is 0 Å². The van der Waals surface area contributed by atoms with Crippen LogP contribution in [0, 0.1) is 6.92 Å². The van der Waals surface area contributed by atoms with E-state index in [1.807, 2.05) is 24.8 Å². The van der Waals surface area contributed by atoms with Crippen LogP contribution in [0.1, 0.15) is 74.3 Å². The van der Waals surface area contributed by atoms with Crippen LogP contribution in [-0.2, 0) is 6.54 Å². The van der Waals surface area contributed by atoms with Crippen LogP contribution in [0.4, 0.5) is 5.69 Å². The van der Waals surface area contributed by atoms with Gasteiger partial charge in [-0.2, -0.15) is 11.8 Å². The molecular weight excluding hydrogens is 446 g/mol. The first-order valence-electron chi connectivity index (χ1n) is 12.2. The number of nitrogens with one attached hydrogen (secondary N) is 1. The summed E-state index contributed by atoms with van der Waals surface area (Å²) < 4.78 is 0. The molecule has 7 heteroatoms. The van der Waals surface area contributed by atoms with Crippen LogP contribution in [0.2, 0.25) is 0 Å². The highest BCUT2D eigenvalue weighted by molar-refractivity contribution is 7.99. The van der Waals surface area contributed by atoms with E-state index in [2.05, 4.69) is 22.3 Å². The summed E-state index contributed by atoms with van der Waals surface area (Å²) in [6.07, 6.45) is 4.97. The van der Waals surface area contributed by atoms with Crippen molar-refractivity contribution in [2.24, 2.45) is 0 Å². The largest absolute Gasteiger partial charge is 0.322 e. The number of aryl methyl sites for hydroxylation is 1. The van der Waals surface area contributed by atoms with Gasteiger partial charge in [0.1, 0.15) is 0 Å². The van der Waals surface area contributed by atoms with Crippen LogP contribution in [0.3, 0.4) is 0 Å². The Labute approximate surface area is 205 Å². The molecule has 3 aliphatic rings. The fourth-order valence-electron chi connectivity index (χ4n) is 5.25. The number of anilines is 1. The number of carbonyl (C=O) groups is 3. The molecule has 0 radical (unpaired) electrons. The van der Waals surface area contributed by atoms with Crippen LogP contribution in [0.5, 0.6) is 0 Å². The van der Waals surface area contributed by atoms with Gasteiger partial charge in [0.05, 0.1) is 11.1 Å². The Morgan fingerprint density at radius 2 is 1.71 bits per heavy atom. The summed E-state index contributed by atoms with van der Waals surface area (Å²) in [5.74, 6) is 1.60. The predicted molar refractivity (Wildman–Crippen MR) is 136 cm³/mol. The number of fused-ring (bicyclic) bond motifs is 1. The lowest BCUT2D eigenvalue weighted by molar-refractivity contribution is 0.0549. The zero-order valence-corrected chi connectivity index (χ0v) is 20.5. The van der Waals surface area contributed by atoms with Gasteiger partial charge in [0.2, 0.25) is 0 Å². The van der Waals surface area contributed by atoms with Crippen molar-refractivity contribution in [2.45, 2.75) is 51.6 Å². The summed E-state index contributed by atoms with van der Waals surface area (Å²) in [7, 11) is 0. The lowest BCUT2D eigenvalue weighted by Crippen LogP contribution is -2.40. The molecule has 1 aliphatic carbocycles. The minimum Gasteiger partial charge on any atom is -0.322 e. The van der Waals surface area contributed by atoms with Crippen molar-refractivity contribution >= 4 is 35.2 Å². The zero-order chi connectivity index (χ0) is 23.7. The number of carbonyl (C=O) groups excluding carboxylic acids is 3. The third kappa shape index (κ3) is 4.64. The van der Waals surface area contributed by atoms with E-state index in [0.29, 0.717) is 16.7 Å². The van der Waals surface area contributed by atoms with Crippen molar-refractivity contribution in [1.29, 1.82) is 0 Å². The second-order valence-electron chi connectivity index (χ2n) is 9.52. The van der Waals surface area contributed by atoms with Gasteiger partial charge in [-0.25, -0.2) is 0 Å². The Kier molecular flexibility index (Phi) is 6.75. The average molecular weight is 478 g/mol. The van der Waals surface area contributed by atoms with E-state index in [4.69, 9.17) is 0 Å². The fourth-order valence-corrected chi connectivity index (χ4v) is 6.23. The molecule has 0 aromatic heterocycles. The maximum atomic E-state index is 13.1. The molecule has 2 aliphatic heterocycles. The molecule has 5 rings (SSSR count). The number of hydrogen-bond acceptors (Lipinski definition) is 5. The minimum atomic E-state index is -0.275. The van der Waals surface area contributed by atoms with Crippen molar-refractivity contribution in [3.8, 4) is 0 Å². The summed E-state index contributed by atoms with van der Waals surface area (Å²) in [6.45, 7) is 5.14. The van der Waals surface area contributed by atoms with Crippen molar-refractivity contribution in [1.82, 2.24) is 9.80 Å². The van der Waals surface area contributed by atoms with Gasteiger partial charge in [-0.1, -0.05) is 31.4 Å². The number of amides is 3. The lowest BCUT2D eigenvalue weighted by Gasteiger charge is -2.29. The second kappa shape index (κ2) is 9.92. The molecule has 2 aromatic rings. The van der Waals surface area contributed by atoms with E-state index in [1.165, 1.54) is 22.0 Å². The Balaban J connectivity index is 1.28. The maximum Gasteiger partial charge on any atom is 0.261 e. The predicted octanol–water partition coefficient (Wildman–Crippen LogP) is 4.72. The summed E-state index contributed by atoms with van der Waals surface area (Å²) in [6, 6.07) is 11.0. The molecule has 0 atom stereocenters. The van der Waals surface area contributed by atoms with Crippen LogP contribution in [-0.4, -0.2) is 58.2 Å². The number of benzene rings is 2. The molecule has 2 aromatic carbocycles. The normalized spacial score (nSPS) is 19.4. The van der Waals surface area contributed by atoms with E-state index in [0.717, 1.165) is 63.0 Å². The quantitative estimate of drug-likeness (QED) is 0.631. The van der Waals surface area contributed by atoms with Gasteiger partial charge >= 0.3 is 0 Å². The number of nitrogens with zero attached hydrogens (tertiary/aromatic N) is 2. The molecule has 1 N–H and O–H groups in total. The van der Waals surface area contributed by atoms with E-state index in [9.17, 15) is 14.4 Å². The number of hydrogen-bond donors (Lipinski definition) is 1. The van der Waals surface area contributed by atoms with Crippen LogP contribution < -0.4 is 5.32 Å². The highest BCUT2D eigenvalue weighted by Gasteiger charge is 2.40. The molecule has 178 valence electrons. The number of rotatable bonds is 5. The first-order valence-corrected chi connectivity index (χ1v) is 13.4. The third-order valence-corrected chi connectivity index (χ3v) is 8.11. The Morgan fingerprint density at radius 3 is 2.44 bits per heavy atom. The Bertz CT molecular complexity index is 1120. The standard InChI is InChI=1S/C27H31N3O3S/c1-18-15-19(17-29-11-13-34-14-12-29)7-10-24(18)28-25(31)20-8-9-22-23(16-20)27(33)30(26(22)32)21-5-3-2-4-6-21/h7-10,15-16,21H,2-6,11-14,17H2,1H3,(H,28,31). The molecule has 1 saturated heterocycles. The highest BCUT2D eigenvalue weighted by atomic mass is 32.2. The molecule has 34 heavy (non-hydrogen) atoms. The summed E-state index contributed by atoms with van der Waals surface area (Å²) in [5.41, 5.74) is 4.15. The van der Waals surface area contributed by atoms with Crippen LogP contribution in [0.25, 0.3) is 0 Å². The van der Waals surface area contributed by atoms with Gasteiger partial charge in [0, 0.05) is 48.4 Å². The summed E-state index contributed by atoms with van der Waals surface area (Å²) in [5, 5.41) is 2.98. The molecule has 3 amide bonds. The van der Waals surface area contributed by atoms with Gasteiger partial charge in [-0.15, -0.1) is 0 Å². The van der Waals surface area contributed by atoms with Crippen molar-refractivity contribution < 1.29 is 14.4 Å². The molecule has 0 spiro atoms. The van der Waals surface area contributed by atoms with Gasteiger partial charge in [-0.05, 0) is 55.2 Å². The third-order valence-electron chi connectivity index (χ3n) is 7.17. The van der Waals surface area contributed by atoms with Gasteiger partial charge in [-0.3, -0.25) is 24.2 Å². The molecule has 1 saturated carbocycles. The Hall–Kier alpha value is -2.64. The molecule has 6 nitrogen and oxygen atoms in total. The molecule has 0 bridgehead atoms. The molecule has 2 fully saturated rings. The summed E-state index contributed by atoms with van der Waals surface area (Å²) in [4.78, 5) is 42.9. The maximum absolute atomic E-state index is 13.1. The average Bonchev–Trinajstić information content (AvgIpc) is 3.11. The lowest BCUT2D eigenvalue weighted by atomic mass is 9.94. The Morgan fingerprint density at radius 1 is 0.971 bits per heavy atom. The van der Waals surface area contributed by atoms with Gasteiger partial charge < -0.3 is 5.32 Å². The summed E-state index contributed by atoms with van der Waals surface area (Å²) >= 11 is 2.00. The van der Waals surface area contributed by atoms with Crippen LogP contribution in [0.15, 0.2) is 36.4 Å². The fraction of sp³-hybridized carbons (Fsp3) is 0.444. The van der Waals surface area contributed by atoms with Crippen molar-refractivity contribution in [2.75, 3.05) is 29.9 Å². The topological polar surface area (TPSA) is 69.7 Å². The van der Waals surface area contributed by atoms with Gasteiger partial charge in [0.15, 0.2) is 0 Å². The molecule has 0 unspecified atom stereocenters. The SMILES string of the molecule is Cc1cc(CN2CCSCC2)ccc1NC(=O)c1ccc2c(c1)C(=O)N(C1CCCCC1)C2=O. The van der Waals surface area contributed by atoms with Gasteiger partial charge in [0.25, 0.3) is 17.7 Å².